The van der Waals surface area contributed by atoms with E-state index in [0.717, 1.165) is 26.2 Å². The molecule has 16 heavy (non-hydrogen) atoms. The molecule has 0 bridgehead atoms. The molecule has 0 spiro atoms. The van der Waals surface area contributed by atoms with Crippen molar-refractivity contribution in [1.82, 2.24) is 10.2 Å². The van der Waals surface area contributed by atoms with Gasteiger partial charge >= 0.3 is 5.97 Å². The van der Waals surface area contributed by atoms with Crippen LogP contribution in [0.2, 0.25) is 0 Å². The quantitative estimate of drug-likeness (QED) is 0.704. The summed E-state index contributed by atoms with van der Waals surface area (Å²) in [4.78, 5) is 13.3. The molecule has 94 valence electrons. The first-order valence-electron chi connectivity index (χ1n) is 5.74. The van der Waals surface area contributed by atoms with Crippen molar-refractivity contribution in [2.75, 3.05) is 33.3 Å². The molecule has 0 saturated carbocycles. The smallest absolute Gasteiger partial charge is 0.323 e. The van der Waals surface area contributed by atoms with Crippen LogP contribution in [-0.2, 0) is 9.53 Å². The number of aliphatic carboxylic acids is 1. The van der Waals surface area contributed by atoms with E-state index in [-0.39, 0.29) is 6.10 Å². The van der Waals surface area contributed by atoms with Crippen LogP contribution in [0.15, 0.2) is 0 Å². The number of ether oxygens (including phenoxy) is 1. The summed E-state index contributed by atoms with van der Waals surface area (Å²) in [5, 5.41) is 12.0. The first kappa shape index (κ1) is 13.4. The van der Waals surface area contributed by atoms with Crippen LogP contribution in [0.3, 0.4) is 0 Å². The Bertz CT molecular complexity index is 247. The van der Waals surface area contributed by atoms with Crippen molar-refractivity contribution in [2.45, 2.75) is 31.9 Å². The molecule has 0 aromatic heterocycles. The Kier molecular flexibility index (Phi) is 4.70. The Hall–Kier alpha value is -0.650. The van der Waals surface area contributed by atoms with Crippen molar-refractivity contribution >= 4 is 5.97 Å². The fraction of sp³-hybridized carbons (Fsp3) is 0.909. The maximum Gasteiger partial charge on any atom is 0.323 e. The standard InChI is InChI=1S/C11H22N2O3/c1-9-8-13(6-7-16-9)5-4-11(2,12-3)10(14)15/h9,12H,4-8H2,1-3H3,(H,14,15). The van der Waals surface area contributed by atoms with Gasteiger partial charge in [0.25, 0.3) is 0 Å². The summed E-state index contributed by atoms with van der Waals surface area (Å²) in [6, 6.07) is 0. The molecule has 1 rings (SSSR count). The largest absolute Gasteiger partial charge is 0.480 e. The van der Waals surface area contributed by atoms with Crippen LogP contribution in [0.1, 0.15) is 20.3 Å². The molecule has 1 saturated heterocycles. The topological polar surface area (TPSA) is 61.8 Å². The van der Waals surface area contributed by atoms with E-state index >= 15 is 0 Å². The second kappa shape index (κ2) is 5.61. The van der Waals surface area contributed by atoms with E-state index < -0.39 is 11.5 Å². The van der Waals surface area contributed by atoms with E-state index in [2.05, 4.69) is 10.2 Å². The summed E-state index contributed by atoms with van der Waals surface area (Å²) >= 11 is 0. The Morgan fingerprint density at radius 1 is 1.69 bits per heavy atom. The lowest BCUT2D eigenvalue weighted by molar-refractivity contribution is -0.144. The lowest BCUT2D eigenvalue weighted by Gasteiger charge is -2.33. The van der Waals surface area contributed by atoms with Gasteiger partial charge in [0.2, 0.25) is 0 Å². The Morgan fingerprint density at radius 3 is 2.88 bits per heavy atom. The second-order valence-electron chi connectivity index (χ2n) is 4.62. The molecule has 1 aliphatic heterocycles. The average molecular weight is 230 g/mol. The molecular formula is C11H22N2O3. The van der Waals surface area contributed by atoms with E-state index in [4.69, 9.17) is 9.84 Å². The zero-order valence-corrected chi connectivity index (χ0v) is 10.3. The zero-order valence-electron chi connectivity index (χ0n) is 10.3. The van der Waals surface area contributed by atoms with Gasteiger partial charge in [0.15, 0.2) is 0 Å². The van der Waals surface area contributed by atoms with E-state index in [1.165, 1.54) is 0 Å². The predicted octanol–water partition coefficient (Wildman–Crippen LogP) is 0.160. The highest BCUT2D eigenvalue weighted by Gasteiger charge is 2.31. The molecule has 2 N–H and O–H groups in total. The molecule has 0 aromatic carbocycles. The maximum absolute atomic E-state index is 11.1. The summed E-state index contributed by atoms with van der Waals surface area (Å²) in [6.45, 7) is 7.07. The van der Waals surface area contributed by atoms with Crippen LogP contribution in [0, 0.1) is 0 Å². The minimum atomic E-state index is -0.832. The molecule has 0 amide bonds. The van der Waals surface area contributed by atoms with Gasteiger partial charge in [-0.2, -0.15) is 0 Å². The fourth-order valence-corrected chi connectivity index (χ4v) is 1.81. The minimum Gasteiger partial charge on any atom is -0.480 e. The van der Waals surface area contributed by atoms with Gasteiger partial charge in [0.05, 0.1) is 12.7 Å². The molecule has 1 fully saturated rings. The van der Waals surface area contributed by atoms with Gasteiger partial charge in [-0.3, -0.25) is 9.69 Å². The number of hydrogen-bond acceptors (Lipinski definition) is 4. The Labute approximate surface area is 96.8 Å². The van der Waals surface area contributed by atoms with Gasteiger partial charge in [-0.25, -0.2) is 0 Å². The van der Waals surface area contributed by atoms with Gasteiger partial charge in [0.1, 0.15) is 5.54 Å². The number of hydrogen-bond donors (Lipinski definition) is 2. The van der Waals surface area contributed by atoms with Crippen molar-refractivity contribution in [2.24, 2.45) is 0 Å². The number of likely N-dealkylation sites (N-methyl/N-ethyl adjacent to an activating group) is 1. The number of carbonyl (C=O) groups is 1. The van der Waals surface area contributed by atoms with Gasteiger partial charge in [-0.1, -0.05) is 0 Å². The number of nitrogens with one attached hydrogen (secondary N) is 1. The number of nitrogens with zero attached hydrogens (tertiary/aromatic N) is 1. The molecule has 0 aromatic rings. The van der Waals surface area contributed by atoms with Crippen LogP contribution in [0.25, 0.3) is 0 Å². The lowest BCUT2D eigenvalue weighted by Crippen LogP contribution is -2.51. The number of carboxylic acid groups (broad SMARTS) is 1. The van der Waals surface area contributed by atoms with Crippen LogP contribution in [0.5, 0.6) is 0 Å². The van der Waals surface area contributed by atoms with Crippen molar-refractivity contribution in [3.63, 3.8) is 0 Å². The summed E-state index contributed by atoms with van der Waals surface area (Å²) in [5.41, 5.74) is -0.832. The van der Waals surface area contributed by atoms with E-state index in [1.807, 2.05) is 6.92 Å². The average Bonchev–Trinajstić information content (AvgIpc) is 2.26. The molecule has 2 atom stereocenters. The summed E-state index contributed by atoms with van der Waals surface area (Å²) in [5.74, 6) is -0.795. The SMILES string of the molecule is CNC(C)(CCN1CCOC(C)C1)C(=O)O. The Balaban J connectivity index is 2.40. The first-order valence-corrected chi connectivity index (χ1v) is 5.74. The third-order valence-electron chi connectivity index (χ3n) is 3.28. The summed E-state index contributed by atoms with van der Waals surface area (Å²) < 4.78 is 5.44. The van der Waals surface area contributed by atoms with Gasteiger partial charge < -0.3 is 15.2 Å². The molecule has 5 nitrogen and oxygen atoms in total. The second-order valence-corrected chi connectivity index (χ2v) is 4.62. The van der Waals surface area contributed by atoms with E-state index in [9.17, 15) is 4.79 Å². The van der Waals surface area contributed by atoms with E-state index in [0.29, 0.717) is 6.42 Å². The first-order chi connectivity index (χ1) is 7.48. The molecule has 5 heteroatoms. The van der Waals surface area contributed by atoms with Gasteiger partial charge in [-0.15, -0.1) is 0 Å². The molecule has 2 unspecified atom stereocenters. The monoisotopic (exact) mass is 230 g/mol. The Morgan fingerprint density at radius 2 is 2.38 bits per heavy atom. The van der Waals surface area contributed by atoms with Crippen LogP contribution < -0.4 is 5.32 Å². The highest BCUT2D eigenvalue weighted by Crippen LogP contribution is 2.12. The fourth-order valence-electron chi connectivity index (χ4n) is 1.81. The highest BCUT2D eigenvalue weighted by atomic mass is 16.5. The van der Waals surface area contributed by atoms with E-state index in [1.54, 1.807) is 14.0 Å². The van der Waals surface area contributed by atoms with Gasteiger partial charge in [-0.05, 0) is 27.3 Å². The highest BCUT2D eigenvalue weighted by molar-refractivity contribution is 5.78. The van der Waals surface area contributed by atoms with Crippen LogP contribution in [0.4, 0.5) is 0 Å². The van der Waals surface area contributed by atoms with Crippen molar-refractivity contribution in [1.29, 1.82) is 0 Å². The van der Waals surface area contributed by atoms with Crippen molar-refractivity contribution < 1.29 is 14.6 Å². The summed E-state index contributed by atoms with van der Waals surface area (Å²) in [6.07, 6.45) is 0.852. The third-order valence-corrected chi connectivity index (χ3v) is 3.28. The number of carboxylic acids is 1. The third kappa shape index (κ3) is 3.43. The van der Waals surface area contributed by atoms with Gasteiger partial charge in [0, 0.05) is 19.6 Å². The molecule has 1 aliphatic rings. The van der Waals surface area contributed by atoms with Crippen LogP contribution >= 0.6 is 0 Å². The number of morpholine rings is 1. The molecule has 0 aliphatic carbocycles. The normalized spacial score (nSPS) is 26.3. The maximum atomic E-state index is 11.1. The molecule has 0 radical (unpaired) electrons. The van der Waals surface area contributed by atoms with Crippen molar-refractivity contribution in [3.8, 4) is 0 Å². The molecule has 1 heterocycles. The minimum absolute atomic E-state index is 0.249. The predicted molar refractivity (Wildman–Crippen MR) is 61.6 cm³/mol. The zero-order chi connectivity index (χ0) is 12.2. The summed E-state index contributed by atoms with van der Waals surface area (Å²) in [7, 11) is 1.69. The molecular weight excluding hydrogens is 208 g/mol. The van der Waals surface area contributed by atoms with Crippen molar-refractivity contribution in [3.05, 3.63) is 0 Å². The van der Waals surface area contributed by atoms with Crippen LogP contribution in [-0.4, -0.2) is 60.9 Å². The lowest BCUT2D eigenvalue weighted by atomic mass is 9.98. The number of rotatable bonds is 5.